The van der Waals surface area contributed by atoms with Gasteiger partial charge in [-0.15, -0.1) is 16.8 Å². The summed E-state index contributed by atoms with van der Waals surface area (Å²) in [6.07, 6.45) is 2.56. The van der Waals surface area contributed by atoms with Crippen molar-refractivity contribution in [2.45, 2.75) is 43.3 Å². The van der Waals surface area contributed by atoms with E-state index in [2.05, 4.69) is 29.8 Å². The van der Waals surface area contributed by atoms with Crippen molar-refractivity contribution in [1.82, 2.24) is 14.8 Å². The van der Waals surface area contributed by atoms with Crippen molar-refractivity contribution in [2.75, 3.05) is 4.90 Å². The largest absolute Gasteiger partial charge is 0.308 e. The number of rotatable bonds is 6. The minimum absolute atomic E-state index is 0.0260. The minimum Gasteiger partial charge on any atom is -0.308 e. The van der Waals surface area contributed by atoms with E-state index in [1.165, 1.54) is 23.4 Å². The van der Waals surface area contributed by atoms with Gasteiger partial charge >= 0.3 is 0 Å². The standard InChI is InChI=1S/C23H23FN4OS/c1-4-13-27-21(18-10-6-7-11-19(18)24)25-26-23(27)30-16(3)22(29)28-15(2)14-17-9-5-8-12-20(17)28/h4-12,15-16H,1,13-14H2,2-3H3. The fourth-order valence-corrected chi connectivity index (χ4v) is 4.72. The quantitative estimate of drug-likeness (QED) is 0.426. The Bertz CT molecular complexity index is 1100. The molecule has 4 rings (SSSR count). The molecule has 1 aliphatic rings. The van der Waals surface area contributed by atoms with Crippen LogP contribution >= 0.6 is 11.8 Å². The lowest BCUT2D eigenvalue weighted by Gasteiger charge is -2.25. The van der Waals surface area contributed by atoms with Crippen molar-refractivity contribution in [3.05, 3.63) is 72.6 Å². The zero-order valence-corrected chi connectivity index (χ0v) is 17.8. The predicted octanol–water partition coefficient (Wildman–Crippen LogP) is 4.73. The first-order valence-electron chi connectivity index (χ1n) is 9.88. The average molecular weight is 423 g/mol. The third kappa shape index (κ3) is 3.65. The molecule has 0 fully saturated rings. The van der Waals surface area contributed by atoms with E-state index >= 15 is 0 Å². The number of nitrogens with zero attached hydrogens (tertiary/aromatic N) is 4. The maximum atomic E-state index is 14.3. The van der Waals surface area contributed by atoms with Crippen molar-refractivity contribution in [3.8, 4) is 11.4 Å². The van der Waals surface area contributed by atoms with E-state index < -0.39 is 0 Å². The number of amides is 1. The molecule has 2 heterocycles. The van der Waals surface area contributed by atoms with Gasteiger partial charge in [-0.1, -0.05) is 48.2 Å². The molecule has 0 spiro atoms. The highest BCUT2D eigenvalue weighted by Gasteiger charge is 2.34. The molecule has 0 N–H and O–H groups in total. The Morgan fingerprint density at radius 1 is 1.27 bits per heavy atom. The van der Waals surface area contributed by atoms with Crippen molar-refractivity contribution in [3.63, 3.8) is 0 Å². The van der Waals surface area contributed by atoms with E-state index in [9.17, 15) is 9.18 Å². The van der Waals surface area contributed by atoms with E-state index in [-0.39, 0.29) is 23.0 Å². The van der Waals surface area contributed by atoms with E-state index in [0.717, 1.165) is 12.1 Å². The first kappa shape index (κ1) is 20.3. The third-order valence-corrected chi connectivity index (χ3v) is 6.29. The van der Waals surface area contributed by atoms with Gasteiger partial charge in [0.15, 0.2) is 11.0 Å². The van der Waals surface area contributed by atoms with Gasteiger partial charge in [0.1, 0.15) is 5.82 Å². The van der Waals surface area contributed by atoms with Gasteiger partial charge in [-0.2, -0.15) is 0 Å². The van der Waals surface area contributed by atoms with Crippen LogP contribution in [0.15, 0.2) is 66.3 Å². The molecule has 0 saturated carbocycles. The molecule has 5 nitrogen and oxygen atoms in total. The SMILES string of the molecule is C=CCn1c(SC(C)C(=O)N2c3ccccc3CC2C)nnc1-c1ccccc1F. The van der Waals surface area contributed by atoms with Crippen molar-refractivity contribution < 1.29 is 9.18 Å². The molecular weight excluding hydrogens is 399 g/mol. The summed E-state index contributed by atoms with van der Waals surface area (Å²) in [4.78, 5) is 15.2. The Morgan fingerprint density at radius 3 is 2.77 bits per heavy atom. The number of para-hydroxylation sites is 1. The molecule has 1 aliphatic heterocycles. The maximum Gasteiger partial charge on any atom is 0.240 e. The van der Waals surface area contributed by atoms with E-state index in [1.807, 2.05) is 30.0 Å². The van der Waals surface area contributed by atoms with E-state index in [4.69, 9.17) is 0 Å². The Morgan fingerprint density at radius 2 is 2.00 bits per heavy atom. The number of halogens is 1. The first-order valence-corrected chi connectivity index (χ1v) is 10.8. The van der Waals surface area contributed by atoms with Crippen LogP contribution in [0.5, 0.6) is 0 Å². The van der Waals surface area contributed by atoms with Crippen LogP contribution in [0.3, 0.4) is 0 Å². The summed E-state index contributed by atoms with van der Waals surface area (Å²) in [6.45, 7) is 8.14. The Balaban J connectivity index is 1.61. The van der Waals surface area contributed by atoms with Crippen LogP contribution in [-0.2, 0) is 17.8 Å². The predicted molar refractivity (Wildman–Crippen MR) is 118 cm³/mol. The van der Waals surface area contributed by atoms with Gasteiger partial charge in [-0.25, -0.2) is 4.39 Å². The van der Waals surface area contributed by atoms with Gasteiger partial charge in [0, 0.05) is 18.3 Å². The molecule has 0 bridgehead atoms. The molecule has 7 heteroatoms. The number of allylic oxidation sites excluding steroid dienone is 1. The second kappa shape index (κ2) is 8.44. The van der Waals surface area contributed by atoms with E-state index in [1.54, 1.807) is 28.8 Å². The molecule has 0 saturated heterocycles. The van der Waals surface area contributed by atoms with Crippen LogP contribution < -0.4 is 4.90 Å². The summed E-state index contributed by atoms with van der Waals surface area (Å²) >= 11 is 1.33. The molecule has 0 radical (unpaired) electrons. The van der Waals surface area contributed by atoms with Gasteiger partial charge in [-0.05, 0) is 44.0 Å². The summed E-state index contributed by atoms with van der Waals surface area (Å²) in [7, 11) is 0. The Kier molecular flexibility index (Phi) is 5.72. The molecule has 2 atom stereocenters. The zero-order chi connectivity index (χ0) is 21.3. The van der Waals surface area contributed by atoms with Gasteiger partial charge in [0.25, 0.3) is 0 Å². The number of carbonyl (C=O) groups is 1. The maximum absolute atomic E-state index is 14.3. The van der Waals surface area contributed by atoms with Crippen molar-refractivity contribution in [2.24, 2.45) is 0 Å². The molecule has 1 amide bonds. The lowest BCUT2D eigenvalue weighted by molar-refractivity contribution is -0.118. The number of hydrogen-bond acceptors (Lipinski definition) is 4. The number of anilines is 1. The number of fused-ring (bicyclic) bond motifs is 1. The fourth-order valence-electron chi connectivity index (χ4n) is 3.82. The number of hydrogen-bond donors (Lipinski definition) is 0. The third-order valence-electron chi connectivity index (χ3n) is 5.22. The number of aromatic nitrogens is 3. The van der Waals surface area contributed by atoms with Crippen LogP contribution in [0.2, 0.25) is 0 Å². The zero-order valence-electron chi connectivity index (χ0n) is 17.0. The summed E-state index contributed by atoms with van der Waals surface area (Å²) in [5.74, 6) is 0.0893. The topological polar surface area (TPSA) is 51.0 Å². The van der Waals surface area contributed by atoms with Crippen LogP contribution in [0.25, 0.3) is 11.4 Å². The second-order valence-corrected chi connectivity index (χ2v) is 8.64. The summed E-state index contributed by atoms with van der Waals surface area (Å²) in [5, 5.41) is 8.65. The average Bonchev–Trinajstić information content (AvgIpc) is 3.28. The van der Waals surface area contributed by atoms with Gasteiger partial charge in [0.2, 0.25) is 5.91 Å². The molecule has 2 unspecified atom stereocenters. The number of thioether (sulfide) groups is 1. The monoisotopic (exact) mass is 422 g/mol. The second-order valence-electron chi connectivity index (χ2n) is 7.34. The van der Waals surface area contributed by atoms with Gasteiger partial charge in [-0.3, -0.25) is 9.36 Å². The summed E-state index contributed by atoms with van der Waals surface area (Å²) < 4.78 is 16.1. The number of carbonyl (C=O) groups excluding carboxylic acids is 1. The minimum atomic E-state index is -0.375. The molecule has 2 aromatic carbocycles. The van der Waals surface area contributed by atoms with E-state index in [0.29, 0.717) is 23.1 Å². The van der Waals surface area contributed by atoms with Crippen LogP contribution in [-0.4, -0.2) is 32.0 Å². The fraction of sp³-hybridized carbons (Fsp3) is 0.261. The van der Waals surface area contributed by atoms with Crippen molar-refractivity contribution >= 4 is 23.4 Å². The highest BCUT2D eigenvalue weighted by Crippen LogP contribution is 2.35. The summed E-state index contributed by atoms with van der Waals surface area (Å²) in [6, 6.07) is 14.6. The highest BCUT2D eigenvalue weighted by molar-refractivity contribution is 8.00. The molecule has 30 heavy (non-hydrogen) atoms. The first-order chi connectivity index (χ1) is 14.5. The molecular formula is C23H23FN4OS. The van der Waals surface area contributed by atoms with Crippen LogP contribution in [0.4, 0.5) is 10.1 Å². The normalized spacial score (nSPS) is 16.4. The molecule has 154 valence electrons. The van der Waals surface area contributed by atoms with Gasteiger partial charge in [0.05, 0.1) is 10.8 Å². The molecule has 0 aliphatic carbocycles. The number of benzene rings is 2. The molecule has 3 aromatic rings. The smallest absolute Gasteiger partial charge is 0.240 e. The van der Waals surface area contributed by atoms with Crippen LogP contribution in [0, 0.1) is 5.82 Å². The lowest BCUT2D eigenvalue weighted by atomic mass is 10.1. The Hall–Kier alpha value is -2.93. The summed E-state index contributed by atoms with van der Waals surface area (Å²) in [5.41, 5.74) is 2.54. The highest BCUT2D eigenvalue weighted by atomic mass is 32.2. The van der Waals surface area contributed by atoms with Gasteiger partial charge < -0.3 is 4.90 Å². The van der Waals surface area contributed by atoms with Crippen molar-refractivity contribution in [1.29, 1.82) is 0 Å². The van der Waals surface area contributed by atoms with Crippen LogP contribution in [0.1, 0.15) is 19.4 Å². The lowest BCUT2D eigenvalue weighted by Crippen LogP contribution is -2.40. The Labute approximate surface area is 179 Å². The molecule has 1 aromatic heterocycles.